The van der Waals surface area contributed by atoms with E-state index >= 15 is 0 Å². The second-order valence-corrected chi connectivity index (χ2v) is 6.67. The van der Waals surface area contributed by atoms with Crippen LogP contribution in [0.1, 0.15) is 24.2 Å². The number of carbonyl (C=O) groups excluding carboxylic acids is 2. The number of methoxy groups -OCH3 is 2. The van der Waals surface area contributed by atoms with Crippen molar-refractivity contribution in [3.05, 3.63) is 47.0 Å². The van der Waals surface area contributed by atoms with Gasteiger partial charge in [-0.05, 0) is 26.0 Å². The minimum absolute atomic E-state index is 0.0104. The van der Waals surface area contributed by atoms with Crippen molar-refractivity contribution < 1.29 is 19.1 Å². The van der Waals surface area contributed by atoms with E-state index in [2.05, 4.69) is 16.0 Å². The first-order valence-electron chi connectivity index (χ1n) is 8.70. The van der Waals surface area contributed by atoms with Crippen LogP contribution in [0.2, 0.25) is 5.02 Å². The van der Waals surface area contributed by atoms with E-state index in [0.29, 0.717) is 33.5 Å². The summed E-state index contributed by atoms with van der Waals surface area (Å²) in [6.45, 7) is 3.73. The Hall–Kier alpha value is -2.93. The number of nitrogens with one attached hydrogen (secondary N) is 3. The van der Waals surface area contributed by atoms with E-state index in [9.17, 15) is 9.59 Å². The molecule has 2 amide bonds. The summed E-state index contributed by atoms with van der Waals surface area (Å²) in [4.78, 5) is 24.7. The third kappa shape index (κ3) is 5.53. The molecule has 0 spiro atoms. The van der Waals surface area contributed by atoms with Crippen LogP contribution in [-0.2, 0) is 4.79 Å². The van der Waals surface area contributed by atoms with Gasteiger partial charge < -0.3 is 25.4 Å². The van der Waals surface area contributed by atoms with Crippen LogP contribution in [0.25, 0.3) is 0 Å². The molecule has 0 aliphatic rings. The molecule has 8 heteroatoms. The summed E-state index contributed by atoms with van der Waals surface area (Å²) in [6.07, 6.45) is 0. The minimum atomic E-state index is -0.318. The van der Waals surface area contributed by atoms with Crippen molar-refractivity contribution in [2.75, 3.05) is 31.4 Å². The molecule has 0 saturated heterocycles. The van der Waals surface area contributed by atoms with Gasteiger partial charge >= 0.3 is 0 Å². The molecule has 0 aliphatic carbocycles. The normalized spacial score (nSPS) is 10.4. The first kappa shape index (κ1) is 21.4. The highest BCUT2D eigenvalue weighted by molar-refractivity contribution is 6.32. The molecule has 2 aromatic carbocycles. The summed E-state index contributed by atoms with van der Waals surface area (Å²) in [5.74, 6) is 0.307. The Balaban J connectivity index is 2.09. The fourth-order valence-electron chi connectivity index (χ4n) is 2.50. The fraction of sp³-hybridized carbons (Fsp3) is 0.300. The minimum Gasteiger partial charge on any atom is -0.495 e. The number of amides is 2. The number of hydrogen-bond acceptors (Lipinski definition) is 5. The Morgan fingerprint density at radius 3 is 2.36 bits per heavy atom. The molecule has 3 N–H and O–H groups in total. The van der Waals surface area contributed by atoms with Crippen LogP contribution in [-0.4, -0.2) is 38.6 Å². The SMILES string of the molecule is COc1cc(NC(=O)CNc2ccccc2C(=O)NC(C)C)c(OC)cc1Cl. The van der Waals surface area contributed by atoms with Gasteiger partial charge in [-0.25, -0.2) is 0 Å². The van der Waals surface area contributed by atoms with Crippen LogP contribution in [0.5, 0.6) is 11.5 Å². The van der Waals surface area contributed by atoms with Crippen molar-refractivity contribution in [2.45, 2.75) is 19.9 Å². The van der Waals surface area contributed by atoms with Crippen molar-refractivity contribution >= 4 is 34.8 Å². The maximum atomic E-state index is 12.4. The zero-order valence-electron chi connectivity index (χ0n) is 16.3. The van der Waals surface area contributed by atoms with Gasteiger partial charge in [-0.3, -0.25) is 9.59 Å². The highest BCUT2D eigenvalue weighted by Gasteiger charge is 2.15. The Kier molecular flexibility index (Phi) is 7.52. The average molecular weight is 406 g/mol. The highest BCUT2D eigenvalue weighted by atomic mass is 35.5. The molecule has 0 fully saturated rings. The van der Waals surface area contributed by atoms with Crippen molar-refractivity contribution in [1.29, 1.82) is 0 Å². The second kappa shape index (κ2) is 9.85. The molecule has 0 unspecified atom stereocenters. The Morgan fingerprint density at radius 2 is 1.71 bits per heavy atom. The molecular weight excluding hydrogens is 382 g/mol. The van der Waals surface area contributed by atoms with Crippen LogP contribution in [0, 0.1) is 0 Å². The molecule has 0 bridgehead atoms. The molecule has 0 atom stereocenters. The molecule has 7 nitrogen and oxygen atoms in total. The van der Waals surface area contributed by atoms with E-state index in [1.807, 2.05) is 13.8 Å². The van der Waals surface area contributed by atoms with Gasteiger partial charge in [-0.2, -0.15) is 0 Å². The lowest BCUT2D eigenvalue weighted by atomic mass is 10.1. The predicted molar refractivity (Wildman–Crippen MR) is 111 cm³/mol. The van der Waals surface area contributed by atoms with Crippen LogP contribution >= 0.6 is 11.6 Å². The Labute approximate surface area is 169 Å². The van der Waals surface area contributed by atoms with Gasteiger partial charge in [0.1, 0.15) is 11.5 Å². The van der Waals surface area contributed by atoms with Crippen molar-refractivity contribution in [2.24, 2.45) is 0 Å². The Morgan fingerprint density at radius 1 is 1.04 bits per heavy atom. The summed E-state index contributed by atoms with van der Waals surface area (Å²) in [5.41, 5.74) is 1.47. The van der Waals surface area contributed by atoms with E-state index in [-0.39, 0.29) is 24.4 Å². The monoisotopic (exact) mass is 405 g/mol. The van der Waals surface area contributed by atoms with E-state index < -0.39 is 0 Å². The van der Waals surface area contributed by atoms with Gasteiger partial charge in [-0.15, -0.1) is 0 Å². The molecule has 0 saturated carbocycles. The van der Waals surface area contributed by atoms with Gasteiger partial charge in [0.15, 0.2) is 0 Å². The van der Waals surface area contributed by atoms with Crippen LogP contribution in [0.15, 0.2) is 36.4 Å². The number of anilines is 2. The molecule has 2 aromatic rings. The third-order valence-corrected chi connectivity index (χ3v) is 4.07. The molecule has 0 radical (unpaired) electrons. The summed E-state index contributed by atoms with van der Waals surface area (Å²) in [6, 6.07) is 10.2. The van der Waals surface area contributed by atoms with E-state index in [1.54, 1.807) is 36.4 Å². The van der Waals surface area contributed by atoms with E-state index in [4.69, 9.17) is 21.1 Å². The molecule has 2 rings (SSSR count). The third-order valence-electron chi connectivity index (χ3n) is 3.78. The van der Waals surface area contributed by atoms with Crippen LogP contribution in [0.3, 0.4) is 0 Å². The number of rotatable bonds is 8. The maximum Gasteiger partial charge on any atom is 0.253 e. The number of halogens is 1. The quantitative estimate of drug-likeness (QED) is 0.625. The van der Waals surface area contributed by atoms with Gasteiger partial charge in [0.2, 0.25) is 5.91 Å². The molecule has 28 heavy (non-hydrogen) atoms. The van der Waals surface area contributed by atoms with Gasteiger partial charge in [0, 0.05) is 23.9 Å². The molecular formula is C20H24ClN3O4. The lowest BCUT2D eigenvalue weighted by molar-refractivity contribution is -0.114. The number of benzene rings is 2. The van der Waals surface area contributed by atoms with Crippen molar-refractivity contribution in [3.8, 4) is 11.5 Å². The second-order valence-electron chi connectivity index (χ2n) is 6.26. The highest BCUT2D eigenvalue weighted by Crippen LogP contribution is 2.35. The number of carbonyl (C=O) groups is 2. The van der Waals surface area contributed by atoms with Gasteiger partial charge in [0.25, 0.3) is 5.91 Å². The first-order chi connectivity index (χ1) is 13.3. The zero-order valence-corrected chi connectivity index (χ0v) is 17.0. The summed E-state index contributed by atoms with van der Waals surface area (Å²) >= 11 is 6.07. The zero-order chi connectivity index (χ0) is 20.7. The summed E-state index contributed by atoms with van der Waals surface area (Å²) in [5, 5.41) is 8.96. The van der Waals surface area contributed by atoms with Gasteiger partial charge in [-0.1, -0.05) is 23.7 Å². The van der Waals surface area contributed by atoms with Crippen LogP contribution < -0.4 is 25.4 Å². The molecule has 150 valence electrons. The Bertz CT molecular complexity index is 855. The van der Waals surface area contributed by atoms with Crippen LogP contribution in [0.4, 0.5) is 11.4 Å². The first-order valence-corrected chi connectivity index (χ1v) is 9.08. The standard InChI is InChI=1S/C20H24ClN3O4/c1-12(2)23-20(26)13-7-5-6-8-15(13)22-11-19(25)24-16-10-17(27-3)14(21)9-18(16)28-4/h5-10,12,22H,11H2,1-4H3,(H,23,26)(H,24,25). The number of ether oxygens (including phenoxy) is 2. The molecule has 0 aliphatic heterocycles. The summed E-state index contributed by atoms with van der Waals surface area (Å²) < 4.78 is 10.4. The smallest absolute Gasteiger partial charge is 0.253 e. The largest absolute Gasteiger partial charge is 0.495 e. The van der Waals surface area contributed by atoms with E-state index in [0.717, 1.165) is 0 Å². The van der Waals surface area contributed by atoms with E-state index in [1.165, 1.54) is 14.2 Å². The summed E-state index contributed by atoms with van der Waals surface area (Å²) in [7, 11) is 2.97. The maximum absolute atomic E-state index is 12.4. The van der Waals surface area contributed by atoms with Gasteiger partial charge in [0.05, 0.1) is 37.0 Å². The molecule has 0 aromatic heterocycles. The molecule has 0 heterocycles. The van der Waals surface area contributed by atoms with Crippen molar-refractivity contribution in [1.82, 2.24) is 5.32 Å². The van der Waals surface area contributed by atoms with Crippen molar-refractivity contribution in [3.63, 3.8) is 0 Å². The topological polar surface area (TPSA) is 88.7 Å². The number of para-hydroxylation sites is 1. The average Bonchev–Trinajstić information content (AvgIpc) is 2.67. The fourth-order valence-corrected chi connectivity index (χ4v) is 2.73. The lowest BCUT2D eigenvalue weighted by Crippen LogP contribution is -2.31. The lowest BCUT2D eigenvalue weighted by Gasteiger charge is -2.15. The number of hydrogen-bond donors (Lipinski definition) is 3. The predicted octanol–water partition coefficient (Wildman–Crippen LogP) is 3.55.